The zero-order valence-corrected chi connectivity index (χ0v) is 7.81. The molecule has 1 aliphatic carbocycles. The molecule has 2 atom stereocenters. The van der Waals surface area contributed by atoms with E-state index in [0.29, 0.717) is 0 Å². The molecule has 0 heterocycles. The molecular weight excluding hydrogens is 153 g/mol. The number of alkyl halides is 1. The molecule has 1 nitrogen and oxygen atoms in total. The quantitative estimate of drug-likeness (QED) is 0.531. The van der Waals surface area contributed by atoms with Crippen molar-refractivity contribution in [2.45, 2.75) is 51.2 Å². The average molecular weight is 169 g/mol. The highest BCUT2D eigenvalue weighted by Gasteiger charge is 2.35. The van der Waals surface area contributed by atoms with Crippen molar-refractivity contribution in [3.05, 3.63) is 11.4 Å². The van der Waals surface area contributed by atoms with Gasteiger partial charge in [-0.2, -0.15) is 0 Å². The number of hydrogen-bond acceptors (Lipinski definition) is 0. The molecule has 0 aromatic heterocycles. The zero-order valence-electron chi connectivity index (χ0n) is 7.81. The van der Waals surface area contributed by atoms with Gasteiger partial charge in [-0.3, -0.25) is 0 Å². The first-order valence-corrected chi connectivity index (χ1v) is 4.59. The fraction of sp³-hybridized carbons (Fsp3) is 0.900. The third-order valence-electron chi connectivity index (χ3n) is 2.80. The fourth-order valence-corrected chi connectivity index (χ4v) is 1.90. The molecule has 0 bridgehead atoms. The number of hydrogen-bond donors (Lipinski definition) is 0. The highest BCUT2D eigenvalue weighted by molar-refractivity contribution is 4.91. The monoisotopic (exact) mass is 169 g/mol. The second-order valence-corrected chi connectivity index (χ2v) is 4.21. The van der Waals surface area contributed by atoms with E-state index in [9.17, 15) is 4.39 Å². The van der Waals surface area contributed by atoms with Crippen LogP contribution >= 0.6 is 0 Å². The van der Waals surface area contributed by atoms with Gasteiger partial charge < -0.3 is 4.85 Å². The second kappa shape index (κ2) is 3.43. The lowest BCUT2D eigenvalue weighted by Crippen LogP contribution is -2.31. The van der Waals surface area contributed by atoms with Gasteiger partial charge in [0.15, 0.2) is 0 Å². The maximum atomic E-state index is 13.5. The van der Waals surface area contributed by atoms with Crippen LogP contribution in [0.15, 0.2) is 0 Å². The first-order valence-electron chi connectivity index (χ1n) is 4.59. The molecule has 0 N–H and O–H groups in total. The van der Waals surface area contributed by atoms with E-state index in [1.54, 1.807) is 13.8 Å². The minimum Gasteiger partial charge on any atom is -0.314 e. The Bertz CT molecular complexity index is 187. The zero-order chi connectivity index (χ0) is 9.19. The van der Waals surface area contributed by atoms with Gasteiger partial charge in [-0.15, -0.1) is 0 Å². The van der Waals surface area contributed by atoms with Crippen LogP contribution in [0.1, 0.15) is 39.5 Å². The van der Waals surface area contributed by atoms with Crippen LogP contribution < -0.4 is 0 Å². The molecule has 1 aliphatic rings. The van der Waals surface area contributed by atoms with Crippen molar-refractivity contribution in [1.82, 2.24) is 0 Å². The molecule has 0 radical (unpaired) electrons. The minimum atomic E-state index is -1.09. The van der Waals surface area contributed by atoms with Crippen LogP contribution in [0.5, 0.6) is 0 Å². The Balaban J connectivity index is 2.53. The van der Waals surface area contributed by atoms with Gasteiger partial charge in [0.05, 0.1) is 0 Å². The van der Waals surface area contributed by atoms with Crippen molar-refractivity contribution in [2.24, 2.45) is 5.92 Å². The largest absolute Gasteiger partial charge is 0.314 e. The summed E-state index contributed by atoms with van der Waals surface area (Å²) in [6.07, 6.45) is 3.70. The lowest BCUT2D eigenvalue weighted by atomic mass is 9.78. The molecule has 0 amide bonds. The molecule has 0 aliphatic heterocycles. The normalized spacial score (nSPS) is 31.2. The molecule has 0 aromatic rings. The van der Waals surface area contributed by atoms with Crippen molar-refractivity contribution in [1.29, 1.82) is 0 Å². The topological polar surface area (TPSA) is 4.36 Å². The van der Waals surface area contributed by atoms with E-state index in [0.717, 1.165) is 25.7 Å². The van der Waals surface area contributed by atoms with Crippen LogP contribution in [0, 0.1) is 12.5 Å². The fourth-order valence-electron chi connectivity index (χ4n) is 1.90. The summed E-state index contributed by atoms with van der Waals surface area (Å²) >= 11 is 0. The lowest BCUT2D eigenvalue weighted by Gasteiger charge is -2.30. The average Bonchev–Trinajstić information content (AvgIpc) is 2.03. The van der Waals surface area contributed by atoms with Gasteiger partial charge in [0.25, 0.3) is 0 Å². The highest BCUT2D eigenvalue weighted by atomic mass is 19.1. The van der Waals surface area contributed by atoms with Crippen molar-refractivity contribution in [3.8, 4) is 0 Å². The van der Waals surface area contributed by atoms with E-state index >= 15 is 0 Å². The molecule has 1 saturated carbocycles. The SMILES string of the molecule is [C-]#[N+]C1CCCC(C(C)(C)F)C1. The van der Waals surface area contributed by atoms with Crippen molar-refractivity contribution in [2.75, 3.05) is 0 Å². The smallest absolute Gasteiger partial charge is 0.224 e. The lowest BCUT2D eigenvalue weighted by molar-refractivity contribution is 0.0920. The maximum Gasteiger partial charge on any atom is 0.224 e. The van der Waals surface area contributed by atoms with Crippen LogP contribution in [0.25, 0.3) is 4.85 Å². The Hall–Kier alpha value is -0.580. The third kappa shape index (κ3) is 2.20. The molecule has 2 unspecified atom stereocenters. The molecule has 0 spiro atoms. The Morgan fingerprint density at radius 3 is 2.58 bits per heavy atom. The van der Waals surface area contributed by atoms with Crippen LogP contribution in [-0.4, -0.2) is 11.7 Å². The Labute approximate surface area is 73.8 Å². The van der Waals surface area contributed by atoms with E-state index in [1.165, 1.54) is 0 Å². The van der Waals surface area contributed by atoms with Crippen molar-refractivity contribution in [3.63, 3.8) is 0 Å². The molecule has 0 saturated heterocycles. The molecule has 12 heavy (non-hydrogen) atoms. The Kier molecular flexibility index (Phi) is 2.72. The van der Waals surface area contributed by atoms with E-state index in [1.807, 2.05) is 0 Å². The second-order valence-electron chi connectivity index (χ2n) is 4.21. The summed E-state index contributed by atoms with van der Waals surface area (Å²) in [6, 6.07) is 0.0822. The Morgan fingerprint density at radius 1 is 1.42 bits per heavy atom. The predicted octanol–water partition coefficient (Wildman–Crippen LogP) is 3.21. The van der Waals surface area contributed by atoms with E-state index in [2.05, 4.69) is 4.85 Å². The molecular formula is C10H16FN. The molecule has 68 valence electrons. The van der Waals surface area contributed by atoms with Gasteiger partial charge in [0.1, 0.15) is 5.67 Å². The Morgan fingerprint density at radius 2 is 2.08 bits per heavy atom. The molecule has 2 heteroatoms. The van der Waals surface area contributed by atoms with Crippen LogP contribution in [-0.2, 0) is 0 Å². The van der Waals surface area contributed by atoms with Crippen molar-refractivity contribution >= 4 is 0 Å². The summed E-state index contributed by atoms with van der Waals surface area (Å²) in [5, 5.41) is 0. The summed E-state index contributed by atoms with van der Waals surface area (Å²) in [5.74, 6) is 0.102. The third-order valence-corrected chi connectivity index (χ3v) is 2.80. The molecule has 1 rings (SSSR count). The summed E-state index contributed by atoms with van der Waals surface area (Å²) in [5.41, 5.74) is -1.09. The maximum absolute atomic E-state index is 13.5. The summed E-state index contributed by atoms with van der Waals surface area (Å²) in [6.45, 7) is 10.2. The van der Waals surface area contributed by atoms with Gasteiger partial charge in [0.2, 0.25) is 6.04 Å². The molecule has 0 aromatic carbocycles. The molecule has 1 fully saturated rings. The van der Waals surface area contributed by atoms with Gasteiger partial charge in [0, 0.05) is 12.8 Å². The van der Waals surface area contributed by atoms with Gasteiger partial charge in [-0.05, 0) is 32.6 Å². The highest BCUT2D eigenvalue weighted by Crippen LogP contribution is 2.35. The first-order chi connectivity index (χ1) is 5.54. The minimum absolute atomic E-state index is 0.0822. The summed E-state index contributed by atoms with van der Waals surface area (Å²) in [7, 11) is 0. The summed E-state index contributed by atoms with van der Waals surface area (Å²) < 4.78 is 13.5. The van der Waals surface area contributed by atoms with Crippen LogP contribution in [0.2, 0.25) is 0 Å². The number of halogens is 1. The first kappa shape index (κ1) is 9.51. The van der Waals surface area contributed by atoms with E-state index in [-0.39, 0.29) is 12.0 Å². The number of nitrogens with zero attached hydrogens (tertiary/aromatic N) is 1. The van der Waals surface area contributed by atoms with Gasteiger partial charge in [-0.1, -0.05) is 0 Å². The van der Waals surface area contributed by atoms with Crippen LogP contribution in [0.4, 0.5) is 4.39 Å². The van der Waals surface area contributed by atoms with Gasteiger partial charge in [-0.25, -0.2) is 11.0 Å². The van der Waals surface area contributed by atoms with Crippen molar-refractivity contribution < 1.29 is 4.39 Å². The number of rotatable bonds is 1. The van der Waals surface area contributed by atoms with E-state index in [4.69, 9.17) is 6.57 Å². The predicted molar refractivity (Wildman–Crippen MR) is 47.5 cm³/mol. The summed E-state index contributed by atoms with van der Waals surface area (Å²) in [4.78, 5) is 3.49. The van der Waals surface area contributed by atoms with Gasteiger partial charge >= 0.3 is 0 Å². The standard InChI is InChI=1S/C10H16FN/c1-10(2,11)8-5-4-6-9(7-8)12-3/h8-9H,4-7H2,1-2H3. The van der Waals surface area contributed by atoms with Crippen LogP contribution in [0.3, 0.4) is 0 Å². The van der Waals surface area contributed by atoms with E-state index < -0.39 is 5.67 Å².